The molecule has 0 atom stereocenters. The van der Waals surface area contributed by atoms with Gasteiger partial charge in [-0.15, -0.1) is 0 Å². The van der Waals surface area contributed by atoms with Crippen molar-refractivity contribution in [2.75, 3.05) is 5.32 Å². The van der Waals surface area contributed by atoms with Crippen molar-refractivity contribution < 1.29 is 9.90 Å². The highest BCUT2D eigenvalue weighted by molar-refractivity contribution is 6.30. The van der Waals surface area contributed by atoms with Crippen LogP contribution in [0.5, 0.6) is 0 Å². The number of nitrogens with one attached hydrogen (secondary N) is 1. The summed E-state index contributed by atoms with van der Waals surface area (Å²) in [6.45, 7) is 0.311. The third kappa shape index (κ3) is 2.95. The van der Waals surface area contributed by atoms with Gasteiger partial charge in [0, 0.05) is 16.9 Å². The van der Waals surface area contributed by atoms with Gasteiger partial charge >= 0.3 is 5.97 Å². The normalized spacial score (nSPS) is 10.1. The number of carboxylic acid groups (broad SMARTS) is 1. The quantitative estimate of drug-likeness (QED) is 0.886. The van der Waals surface area contributed by atoms with Gasteiger partial charge < -0.3 is 10.4 Å². The van der Waals surface area contributed by atoms with Gasteiger partial charge in [0.2, 0.25) is 0 Å². The predicted octanol–water partition coefficient (Wildman–Crippen LogP) is 2.44. The fourth-order valence-corrected chi connectivity index (χ4v) is 1.55. The van der Waals surface area contributed by atoms with E-state index >= 15 is 0 Å². The second-order valence-corrected chi connectivity index (χ2v) is 3.99. The van der Waals surface area contributed by atoms with E-state index in [0.717, 1.165) is 5.69 Å². The Balaban J connectivity index is 2.10. The number of carbonyl (C=O) groups is 1. The summed E-state index contributed by atoms with van der Waals surface area (Å²) in [6.07, 6.45) is 2.61. The number of hydrogen-bond acceptors (Lipinski definition) is 4. The Hall–Kier alpha value is -2.14. The average Bonchev–Trinajstić information content (AvgIpc) is 2.38. The second kappa shape index (κ2) is 5.46. The lowest BCUT2D eigenvalue weighted by atomic mass is 10.2. The summed E-state index contributed by atoms with van der Waals surface area (Å²) in [5, 5.41) is 12.7. The zero-order chi connectivity index (χ0) is 13.0. The van der Waals surface area contributed by atoms with Gasteiger partial charge in [0.15, 0.2) is 0 Å². The maximum Gasteiger partial charge on any atom is 0.339 e. The van der Waals surface area contributed by atoms with Gasteiger partial charge in [0.25, 0.3) is 0 Å². The number of aromatic nitrogens is 2. The molecule has 0 amide bonds. The van der Waals surface area contributed by atoms with Gasteiger partial charge in [0.1, 0.15) is 11.9 Å². The first-order valence-electron chi connectivity index (χ1n) is 5.18. The summed E-state index contributed by atoms with van der Waals surface area (Å²) in [5.74, 6) is -1.04. The third-order valence-corrected chi connectivity index (χ3v) is 2.58. The van der Waals surface area contributed by atoms with E-state index in [1.165, 1.54) is 12.5 Å². The van der Waals surface area contributed by atoms with Crippen LogP contribution in [-0.4, -0.2) is 21.0 Å². The maximum atomic E-state index is 11.0. The molecule has 1 aromatic heterocycles. The van der Waals surface area contributed by atoms with Crippen LogP contribution < -0.4 is 5.32 Å². The number of benzene rings is 1. The Labute approximate surface area is 108 Å². The molecule has 0 spiro atoms. The fourth-order valence-electron chi connectivity index (χ4n) is 1.43. The van der Waals surface area contributed by atoms with Crippen LogP contribution in [0.2, 0.25) is 5.02 Å². The largest absolute Gasteiger partial charge is 0.478 e. The zero-order valence-corrected chi connectivity index (χ0v) is 10.1. The summed E-state index contributed by atoms with van der Waals surface area (Å²) in [4.78, 5) is 18.6. The molecule has 0 aliphatic heterocycles. The lowest BCUT2D eigenvalue weighted by Gasteiger charge is -2.07. The molecule has 0 aliphatic rings. The van der Waals surface area contributed by atoms with Gasteiger partial charge in [0.05, 0.1) is 12.2 Å². The van der Waals surface area contributed by atoms with Crippen LogP contribution in [0.1, 0.15) is 16.1 Å². The molecule has 0 bridgehead atoms. The number of aromatic carboxylic acids is 1. The van der Waals surface area contributed by atoms with Gasteiger partial charge in [-0.2, -0.15) is 0 Å². The van der Waals surface area contributed by atoms with E-state index in [2.05, 4.69) is 15.3 Å². The lowest BCUT2D eigenvalue weighted by Crippen LogP contribution is -2.09. The first-order valence-corrected chi connectivity index (χ1v) is 5.56. The molecule has 2 rings (SSSR count). The molecule has 0 saturated heterocycles. The number of halogens is 1. The minimum absolute atomic E-state index is 0.0963. The van der Waals surface area contributed by atoms with Crippen molar-refractivity contribution >= 4 is 23.3 Å². The van der Waals surface area contributed by atoms with Crippen LogP contribution in [0.3, 0.4) is 0 Å². The van der Waals surface area contributed by atoms with Crippen molar-refractivity contribution in [3.8, 4) is 0 Å². The SMILES string of the molecule is O=C(O)c1cncnc1CNc1ccc(Cl)cc1. The molecule has 0 unspecified atom stereocenters. The van der Waals surface area contributed by atoms with E-state index in [-0.39, 0.29) is 5.56 Å². The Morgan fingerprint density at radius 2 is 2.06 bits per heavy atom. The van der Waals surface area contributed by atoms with Gasteiger partial charge in [-0.3, -0.25) is 0 Å². The number of carboxylic acids is 1. The van der Waals surface area contributed by atoms with Gasteiger partial charge in [-0.25, -0.2) is 14.8 Å². The van der Waals surface area contributed by atoms with Crippen molar-refractivity contribution in [1.29, 1.82) is 0 Å². The molecule has 1 heterocycles. The zero-order valence-electron chi connectivity index (χ0n) is 9.30. The van der Waals surface area contributed by atoms with Crippen LogP contribution in [0.25, 0.3) is 0 Å². The molecule has 92 valence electrons. The fraction of sp³-hybridized carbons (Fsp3) is 0.0833. The molecule has 2 aromatic rings. The summed E-state index contributed by atoms with van der Waals surface area (Å²) < 4.78 is 0. The minimum atomic E-state index is -1.04. The molecule has 0 radical (unpaired) electrons. The Morgan fingerprint density at radius 3 is 2.72 bits per heavy atom. The van der Waals surface area contributed by atoms with Crippen molar-refractivity contribution in [2.45, 2.75) is 6.54 Å². The van der Waals surface area contributed by atoms with Crippen LogP contribution >= 0.6 is 11.6 Å². The third-order valence-electron chi connectivity index (χ3n) is 2.33. The van der Waals surface area contributed by atoms with Crippen molar-refractivity contribution in [2.24, 2.45) is 0 Å². The number of nitrogens with zero attached hydrogens (tertiary/aromatic N) is 2. The molecular formula is C12H10ClN3O2. The number of anilines is 1. The summed E-state index contributed by atoms with van der Waals surface area (Å²) >= 11 is 5.77. The molecular weight excluding hydrogens is 254 g/mol. The second-order valence-electron chi connectivity index (χ2n) is 3.55. The van der Waals surface area contributed by atoms with E-state index in [4.69, 9.17) is 16.7 Å². The minimum Gasteiger partial charge on any atom is -0.478 e. The highest BCUT2D eigenvalue weighted by Gasteiger charge is 2.10. The number of rotatable bonds is 4. The molecule has 6 heteroatoms. The van der Waals surface area contributed by atoms with Crippen LogP contribution in [0.15, 0.2) is 36.8 Å². The number of hydrogen-bond donors (Lipinski definition) is 2. The maximum absolute atomic E-state index is 11.0. The van der Waals surface area contributed by atoms with E-state index < -0.39 is 5.97 Å². The molecule has 0 aliphatic carbocycles. The Morgan fingerprint density at radius 1 is 1.33 bits per heavy atom. The molecule has 2 N–H and O–H groups in total. The predicted molar refractivity (Wildman–Crippen MR) is 67.8 cm³/mol. The van der Waals surface area contributed by atoms with E-state index in [1.807, 2.05) is 12.1 Å². The van der Waals surface area contributed by atoms with E-state index in [1.54, 1.807) is 12.1 Å². The van der Waals surface area contributed by atoms with E-state index in [9.17, 15) is 4.79 Å². The Kier molecular flexibility index (Phi) is 3.74. The van der Waals surface area contributed by atoms with Crippen molar-refractivity contribution in [3.63, 3.8) is 0 Å². The first-order chi connectivity index (χ1) is 8.66. The molecule has 18 heavy (non-hydrogen) atoms. The molecule has 0 saturated carbocycles. The van der Waals surface area contributed by atoms with Crippen LogP contribution in [-0.2, 0) is 6.54 Å². The molecule has 5 nitrogen and oxygen atoms in total. The van der Waals surface area contributed by atoms with Crippen molar-refractivity contribution in [3.05, 3.63) is 53.1 Å². The topological polar surface area (TPSA) is 75.1 Å². The lowest BCUT2D eigenvalue weighted by molar-refractivity contribution is 0.0694. The standard InChI is InChI=1S/C12H10ClN3O2/c13-8-1-3-9(4-2-8)15-6-11-10(12(17)18)5-14-7-16-11/h1-5,7,15H,6H2,(H,17,18). The average molecular weight is 264 g/mol. The summed E-state index contributed by atoms with van der Waals surface area (Å²) in [7, 11) is 0. The van der Waals surface area contributed by atoms with Crippen LogP contribution in [0, 0.1) is 0 Å². The van der Waals surface area contributed by atoms with Gasteiger partial charge in [-0.05, 0) is 24.3 Å². The highest BCUT2D eigenvalue weighted by Crippen LogP contribution is 2.14. The Bertz CT molecular complexity index is 558. The molecule has 1 aromatic carbocycles. The first kappa shape index (κ1) is 12.3. The highest BCUT2D eigenvalue weighted by atomic mass is 35.5. The van der Waals surface area contributed by atoms with Gasteiger partial charge in [-0.1, -0.05) is 11.6 Å². The summed E-state index contributed by atoms with van der Waals surface area (Å²) in [5.41, 5.74) is 1.38. The summed E-state index contributed by atoms with van der Waals surface area (Å²) in [6, 6.07) is 7.12. The smallest absolute Gasteiger partial charge is 0.339 e. The molecule has 0 fully saturated rings. The monoisotopic (exact) mass is 263 g/mol. The van der Waals surface area contributed by atoms with Crippen LogP contribution in [0.4, 0.5) is 5.69 Å². The van der Waals surface area contributed by atoms with E-state index in [0.29, 0.717) is 17.3 Å². The van der Waals surface area contributed by atoms with Crippen molar-refractivity contribution in [1.82, 2.24) is 9.97 Å².